The lowest BCUT2D eigenvalue weighted by Crippen LogP contribution is -2.41. The van der Waals surface area contributed by atoms with Crippen molar-refractivity contribution in [1.29, 1.82) is 0 Å². The highest BCUT2D eigenvalue weighted by molar-refractivity contribution is 7.17. The Labute approximate surface area is 180 Å². The fourth-order valence-electron chi connectivity index (χ4n) is 2.70. The summed E-state index contributed by atoms with van der Waals surface area (Å²) in [6, 6.07) is 11.4. The van der Waals surface area contributed by atoms with Crippen molar-refractivity contribution in [2.24, 2.45) is 0 Å². The van der Waals surface area contributed by atoms with Gasteiger partial charge in [0.2, 0.25) is 0 Å². The van der Waals surface area contributed by atoms with Gasteiger partial charge in [0.05, 0.1) is 11.3 Å². The van der Waals surface area contributed by atoms with Crippen molar-refractivity contribution in [1.82, 2.24) is 15.8 Å². The first-order valence-corrected chi connectivity index (χ1v) is 9.91. The van der Waals surface area contributed by atoms with Crippen LogP contribution in [0.5, 0.6) is 0 Å². The van der Waals surface area contributed by atoms with Gasteiger partial charge in [0.15, 0.2) is 0 Å². The molecule has 2 N–H and O–H groups in total. The van der Waals surface area contributed by atoms with Crippen LogP contribution in [0, 0.1) is 6.92 Å². The number of thiazole rings is 1. The van der Waals surface area contributed by atoms with Gasteiger partial charge in [-0.15, -0.1) is 11.3 Å². The highest BCUT2D eigenvalue weighted by Gasteiger charge is 2.30. The van der Waals surface area contributed by atoms with Crippen LogP contribution in [0.15, 0.2) is 48.5 Å². The van der Waals surface area contributed by atoms with Crippen molar-refractivity contribution in [2.75, 3.05) is 19.0 Å². The smallest absolute Gasteiger partial charge is 0.378 e. The molecule has 0 unspecified atom stereocenters. The van der Waals surface area contributed by atoms with Crippen LogP contribution in [-0.4, -0.2) is 30.9 Å². The molecule has 0 fully saturated rings. The molecule has 2 aromatic carbocycles. The molecular formula is C21H19F3N4O2S. The average Bonchev–Trinajstić information content (AvgIpc) is 3.13. The number of carbonyl (C=O) groups excluding carboxylic acids is 2. The molecule has 3 aromatic rings. The van der Waals surface area contributed by atoms with Crippen molar-refractivity contribution < 1.29 is 22.8 Å². The standard InChI is InChI=1S/C21H19F3N4O2S/c1-12-17(31-20(25-12)13-7-9-15(10-8-13)21(22,23)24)19(30)27-26-18(29)14-5-4-6-16(11-14)28(2)3/h4-11H,1-3H3,(H,26,29)(H,27,30). The van der Waals surface area contributed by atoms with Crippen LogP contribution in [-0.2, 0) is 6.18 Å². The Balaban J connectivity index is 1.70. The minimum absolute atomic E-state index is 0.247. The molecule has 0 radical (unpaired) electrons. The molecule has 0 aliphatic carbocycles. The highest BCUT2D eigenvalue weighted by Crippen LogP contribution is 2.32. The van der Waals surface area contributed by atoms with E-state index in [9.17, 15) is 22.8 Å². The summed E-state index contributed by atoms with van der Waals surface area (Å²) >= 11 is 1.03. The molecule has 6 nitrogen and oxygen atoms in total. The van der Waals surface area contributed by atoms with E-state index in [0.717, 1.165) is 29.2 Å². The lowest BCUT2D eigenvalue weighted by atomic mass is 10.1. The van der Waals surface area contributed by atoms with E-state index in [2.05, 4.69) is 15.8 Å². The maximum Gasteiger partial charge on any atom is 0.416 e. The van der Waals surface area contributed by atoms with Gasteiger partial charge in [0.25, 0.3) is 11.8 Å². The molecule has 162 valence electrons. The first-order chi connectivity index (χ1) is 14.6. The number of alkyl halides is 3. The van der Waals surface area contributed by atoms with E-state index < -0.39 is 23.6 Å². The maximum absolute atomic E-state index is 12.7. The molecule has 0 atom stereocenters. The van der Waals surface area contributed by atoms with Gasteiger partial charge >= 0.3 is 6.18 Å². The Morgan fingerprint density at radius 1 is 1.00 bits per heavy atom. The van der Waals surface area contributed by atoms with E-state index in [1.54, 1.807) is 25.1 Å². The van der Waals surface area contributed by atoms with E-state index in [0.29, 0.717) is 21.8 Å². The van der Waals surface area contributed by atoms with Crippen molar-refractivity contribution in [3.63, 3.8) is 0 Å². The van der Waals surface area contributed by atoms with Gasteiger partial charge in [-0.2, -0.15) is 13.2 Å². The summed E-state index contributed by atoms with van der Waals surface area (Å²) in [4.78, 5) is 31.2. The molecule has 31 heavy (non-hydrogen) atoms. The predicted molar refractivity (Wildman–Crippen MR) is 113 cm³/mol. The van der Waals surface area contributed by atoms with Crippen LogP contribution in [0.25, 0.3) is 10.6 Å². The van der Waals surface area contributed by atoms with Gasteiger partial charge in [-0.1, -0.05) is 18.2 Å². The fourth-order valence-corrected chi connectivity index (χ4v) is 3.67. The van der Waals surface area contributed by atoms with Crippen LogP contribution in [0.2, 0.25) is 0 Å². The van der Waals surface area contributed by atoms with E-state index in [1.165, 1.54) is 12.1 Å². The van der Waals surface area contributed by atoms with E-state index in [-0.39, 0.29) is 4.88 Å². The molecule has 0 aliphatic rings. The first kappa shape index (κ1) is 22.3. The summed E-state index contributed by atoms with van der Waals surface area (Å²) in [6.45, 7) is 1.61. The zero-order valence-electron chi connectivity index (χ0n) is 16.9. The zero-order chi connectivity index (χ0) is 22.8. The Morgan fingerprint density at radius 3 is 2.26 bits per heavy atom. The first-order valence-electron chi connectivity index (χ1n) is 9.09. The molecule has 0 saturated heterocycles. The minimum Gasteiger partial charge on any atom is -0.378 e. The quantitative estimate of drug-likeness (QED) is 0.585. The lowest BCUT2D eigenvalue weighted by molar-refractivity contribution is -0.137. The van der Waals surface area contributed by atoms with Crippen LogP contribution in [0.4, 0.5) is 18.9 Å². The molecule has 0 spiro atoms. The monoisotopic (exact) mass is 448 g/mol. The van der Waals surface area contributed by atoms with Crippen LogP contribution in [0.3, 0.4) is 0 Å². The molecule has 2 amide bonds. The summed E-state index contributed by atoms with van der Waals surface area (Å²) < 4.78 is 38.2. The Bertz CT molecular complexity index is 1110. The Morgan fingerprint density at radius 2 is 1.65 bits per heavy atom. The molecule has 1 heterocycles. The number of benzene rings is 2. The van der Waals surface area contributed by atoms with Crippen molar-refractivity contribution >= 4 is 28.8 Å². The van der Waals surface area contributed by atoms with Gasteiger partial charge in [-0.3, -0.25) is 20.4 Å². The normalized spacial score (nSPS) is 11.2. The predicted octanol–water partition coefficient (Wildman–Crippen LogP) is 4.28. The third-order valence-electron chi connectivity index (χ3n) is 4.38. The number of rotatable bonds is 4. The van der Waals surface area contributed by atoms with Gasteiger partial charge in [0.1, 0.15) is 9.88 Å². The van der Waals surface area contributed by atoms with Gasteiger partial charge in [-0.25, -0.2) is 4.98 Å². The van der Waals surface area contributed by atoms with Crippen molar-refractivity contribution in [3.8, 4) is 10.6 Å². The second kappa shape index (κ2) is 8.76. The summed E-state index contributed by atoms with van der Waals surface area (Å²) in [5.41, 5.74) is 6.02. The molecule has 0 saturated carbocycles. The lowest BCUT2D eigenvalue weighted by Gasteiger charge is -2.13. The Hall–Kier alpha value is -3.40. The molecule has 0 bridgehead atoms. The molecular weight excluding hydrogens is 429 g/mol. The Kier molecular flexibility index (Phi) is 6.30. The molecule has 1 aromatic heterocycles. The number of nitrogens with zero attached hydrogens (tertiary/aromatic N) is 2. The minimum atomic E-state index is -4.42. The summed E-state index contributed by atoms with van der Waals surface area (Å²) in [7, 11) is 3.69. The fraction of sp³-hybridized carbons (Fsp3) is 0.190. The van der Waals surface area contributed by atoms with Gasteiger partial charge < -0.3 is 4.90 Å². The maximum atomic E-state index is 12.7. The number of nitrogens with one attached hydrogen (secondary N) is 2. The SMILES string of the molecule is Cc1nc(-c2ccc(C(F)(F)F)cc2)sc1C(=O)NNC(=O)c1cccc(N(C)C)c1. The van der Waals surface area contributed by atoms with Crippen LogP contribution < -0.4 is 15.8 Å². The average molecular weight is 448 g/mol. The molecule has 0 aliphatic heterocycles. The topological polar surface area (TPSA) is 74.3 Å². The third-order valence-corrected chi connectivity index (χ3v) is 5.58. The van der Waals surface area contributed by atoms with Crippen LogP contribution >= 0.6 is 11.3 Å². The van der Waals surface area contributed by atoms with Gasteiger partial charge in [-0.05, 0) is 37.3 Å². The zero-order valence-corrected chi connectivity index (χ0v) is 17.7. The number of halogens is 3. The number of amides is 2. The van der Waals surface area contributed by atoms with Crippen LogP contribution in [0.1, 0.15) is 31.3 Å². The summed E-state index contributed by atoms with van der Waals surface area (Å²) in [5.74, 6) is -1.05. The number of hydrogen-bond acceptors (Lipinski definition) is 5. The third kappa shape index (κ3) is 5.21. The highest BCUT2D eigenvalue weighted by atomic mass is 32.1. The van der Waals surface area contributed by atoms with E-state index in [1.807, 2.05) is 25.1 Å². The number of aromatic nitrogens is 1. The molecule has 10 heteroatoms. The van der Waals surface area contributed by atoms with E-state index in [4.69, 9.17) is 0 Å². The van der Waals surface area contributed by atoms with Crippen molar-refractivity contribution in [2.45, 2.75) is 13.1 Å². The second-order valence-corrected chi connectivity index (χ2v) is 7.86. The molecule has 3 rings (SSSR count). The number of carbonyl (C=O) groups is 2. The number of anilines is 1. The second-order valence-electron chi connectivity index (χ2n) is 6.86. The number of hydrazine groups is 1. The number of aryl methyl sites for hydroxylation is 1. The summed E-state index contributed by atoms with van der Waals surface area (Å²) in [6.07, 6.45) is -4.42. The summed E-state index contributed by atoms with van der Waals surface area (Å²) in [5, 5.41) is 0.404. The van der Waals surface area contributed by atoms with Gasteiger partial charge in [0, 0.05) is 30.9 Å². The largest absolute Gasteiger partial charge is 0.416 e. The number of hydrogen-bond donors (Lipinski definition) is 2. The van der Waals surface area contributed by atoms with Crippen molar-refractivity contribution in [3.05, 3.63) is 70.2 Å². The van der Waals surface area contributed by atoms with E-state index >= 15 is 0 Å².